The van der Waals surface area contributed by atoms with Gasteiger partial charge in [0.2, 0.25) is 11.8 Å². The van der Waals surface area contributed by atoms with Crippen molar-refractivity contribution < 1.29 is 19.5 Å². The van der Waals surface area contributed by atoms with Crippen LogP contribution in [0.15, 0.2) is 30.3 Å². The van der Waals surface area contributed by atoms with Gasteiger partial charge in [0.1, 0.15) is 12.1 Å². The van der Waals surface area contributed by atoms with Gasteiger partial charge in [-0.25, -0.2) is 0 Å². The van der Waals surface area contributed by atoms with E-state index in [2.05, 4.69) is 10.6 Å². The molecule has 0 saturated heterocycles. The second kappa shape index (κ2) is 10.5. The first-order valence-corrected chi connectivity index (χ1v) is 8.54. The summed E-state index contributed by atoms with van der Waals surface area (Å²) in [5.41, 5.74) is 6.34. The van der Waals surface area contributed by atoms with Gasteiger partial charge in [0.05, 0.1) is 6.54 Å². The van der Waals surface area contributed by atoms with E-state index < -0.39 is 30.0 Å². The number of nitrogens with one attached hydrogen (secondary N) is 2. The number of benzene rings is 1. The van der Waals surface area contributed by atoms with Gasteiger partial charge in [-0.2, -0.15) is 0 Å². The number of amides is 3. The molecule has 1 rings (SSSR count). The van der Waals surface area contributed by atoms with E-state index in [-0.39, 0.29) is 12.5 Å². The molecular formula is C18H28N4O4. The molecule has 0 heterocycles. The van der Waals surface area contributed by atoms with Crippen LogP contribution in [0, 0.1) is 0 Å². The number of nitrogens with zero attached hydrogens (tertiary/aromatic N) is 1. The summed E-state index contributed by atoms with van der Waals surface area (Å²) in [6, 6.07) is 7.27. The number of aliphatic hydroxyl groups is 1. The van der Waals surface area contributed by atoms with Crippen LogP contribution < -0.4 is 16.4 Å². The molecule has 0 aliphatic heterocycles. The van der Waals surface area contributed by atoms with Crippen molar-refractivity contribution in [3.05, 3.63) is 35.9 Å². The predicted octanol–water partition coefficient (Wildman–Crippen LogP) is -0.463. The molecule has 0 fully saturated rings. The molecule has 8 heteroatoms. The summed E-state index contributed by atoms with van der Waals surface area (Å²) in [6.45, 7) is 1.53. The first kappa shape index (κ1) is 21.6. The normalized spacial score (nSPS) is 14.0. The maximum absolute atomic E-state index is 12.4. The molecular weight excluding hydrogens is 336 g/mol. The molecule has 1 aromatic rings. The highest BCUT2D eigenvalue weighted by Gasteiger charge is 2.26. The first-order valence-electron chi connectivity index (χ1n) is 8.54. The van der Waals surface area contributed by atoms with Crippen molar-refractivity contribution in [2.75, 3.05) is 20.6 Å². The summed E-state index contributed by atoms with van der Waals surface area (Å²) >= 11 is 0. The third kappa shape index (κ3) is 6.45. The fourth-order valence-corrected chi connectivity index (χ4v) is 2.36. The quantitative estimate of drug-likeness (QED) is 0.472. The van der Waals surface area contributed by atoms with E-state index in [9.17, 15) is 19.5 Å². The topological polar surface area (TPSA) is 125 Å². The number of carbonyl (C=O) groups is 3. The minimum atomic E-state index is -1.38. The van der Waals surface area contributed by atoms with Crippen LogP contribution in [0.1, 0.15) is 31.4 Å². The third-order valence-corrected chi connectivity index (χ3v) is 3.85. The Kier molecular flexibility index (Phi) is 8.74. The molecule has 3 amide bonds. The van der Waals surface area contributed by atoms with Gasteiger partial charge in [-0.3, -0.25) is 14.4 Å². The second-order valence-electron chi connectivity index (χ2n) is 6.26. The zero-order chi connectivity index (χ0) is 19.7. The summed E-state index contributed by atoms with van der Waals surface area (Å²) in [4.78, 5) is 37.8. The second-order valence-corrected chi connectivity index (χ2v) is 6.26. The van der Waals surface area contributed by atoms with Crippen LogP contribution >= 0.6 is 0 Å². The summed E-state index contributed by atoms with van der Waals surface area (Å²) in [6.07, 6.45) is -0.151. The first-order chi connectivity index (χ1) is 12.3. The van der Waals surface area contributed by atoms with E-state index in [1.807, 2.05) is 13.0 Å². The molecule has 0 aromatic heterocycles. The molecule has 1 aromatic carbocycles. The van der Waals surface area contributed by atoms with Crippen molar-refractivity contribution in [2.24, 2.45) is 5.73 Å². The van der Waals surface area contributed by atoms with E-state index in [1.165, 1.54) is 4.90 Å². The summed E-state index contributed by atoms with van der Waals surface area (Å²) < 4.78 is 0. The van der Waals surface area contributed by atoms with Gasteiger partial charge in [-0.05, 0) is 12.0 Å². The SMILES string of the molecule is CCC[C@H](N)C(O)C(=O)NCC(=O)N[C@H](C(=O)N(C)C)c1ccccc1. The zero-order valence-electron chi connectivity index (χ0n) is 15.4. The van der Waals surface area contributed by atoms with E-state index in [0.717, 1.165) is 6.42 Å². The fraction of sp³-hybridized carbons (Fsp3) is 0.500. The van der Waals surface area contributed by atoms with Crippen molar-refractivity contribution in [1.82, 2.24) is 15.5 Å². The molecule has 0 saturated carbocycles. The minimum absolute atomic E-state index is 0.291. The lowest BCUT2D eigenvalue weighted by atomic mass is 10.1. The van der Waals surface area contributed by atoms with E-state index in [0.29, 0.717) is 12.0 Å². The Bertz CT molecular complexity index is 606. The molecule has 0 aliphatic rings. The smallest absolute Gasteiger partial charge is 0.250 e. The summed E-state index contributed by atoms with van der Waals surface area (Å²) in [5.74, 6) is -1.55. The van der Waals surface area contributed by atoms with E-state index in [1.54, 1.807) is 38.4 Å². The average molecular weight is 364 g/mol. The average Bonchev–Trinajstić information content (AvgIpc) is 2.63. The van der Waals surface area contributed by atoms with Gasteiger partial charge < -0.3 is 26.4 Å². The fourth-order valence-electron chi connectivity index (χ4n) is 2.36. The van der Waals surface area contributed by atoms with Crippen molar-refractivity contribution >= 4 is 17.7 Å². The van der Waals surface area contributed by atoms with Gasteiger partial charge in [0.15, 0.2) is 0 Å². The highest BCUT2D eigenvalue weighted by atomic mass is 16.3. The van der Waals surface area contributed by atoms with Gasteiger partial charge in [-0.1, -0.05) is 43.7 Å². The Morgan fingerprint density at radius 3 is 2.35 bits per heavy atom. The van der Waals surface area contributed by atoms with Crippen molar-refractivity contribution in [3.8, 4) is 0 Å². The lowest BCUT2D eigenvalue weighted by Crippen LogP contribution is -2.49. The van der Waals surface area contributed by atoms with E-state index in [4.69, 9.17) is 5.73 Å². The van der Waals surface area contributed by atoms with Crippen LogP contribution in [0.2, 0.25) is 0 Å². The van der Waals surface area contributed by atoms with Crippen LogP contribution in [-0.2, 0) is 14.4 Å². The summed E-state index contributed by atoms with van der Waals surface area (Å²) in [7, 11) is 3.19. The third-order valence-electron chi connectivity index (χ3n) is 3.85. The number of aliphatic hydroxyl groups excluding tert-OH is 1. The highest BCUT2D eigenvalue weighted by molar-refractivity contribution is 5.91. The van der Waals surface area contributed by atoms with Crippen LogP contribution in [0.3, 0.4) is 0 Å². The molecule has 1 unspecified atom stereocenters. The zero-order valence-corrected chi connectivity index (χ0v) is 15.4. The van der Waals surface area contributed by atoms with Crippen LogP contribution in [0.5, 0.6) is 0 Å². The van der Waals surface area contributed by atoms with Crippen molar-refractivity contribution in [3.63, 3.8) is 0 Å². The molecule has 26 heavy (non-hydrogen) atoms. The maximum atomic E-state index is 12.4. The monoisotopic (exact) mass is 364 g/mol. The number of hydrogen-bond donors (Lipinski definition) is 4. The van der Waals surface area contributed by atoms with Crippen LogP contribution in [0.4, 0.5) is 0 Å². The van der Waals surface area contributed by atoms with Gasteiger partial charge in [-0.15, -0.1) is 0 Å². The van der Waals surface area contributed by atoms with Gasteiger partial charge in [0, 0.05) is 20.1 Å². The van der Waals surface area contributed by atoms with E-state index >= 15 is 0 Å². The number of rotatable bonds is 9. The van der Waals surface area contributed by atoms with Crippen LogP contribution in [-0.4, -0.2) is 60.5 Å². The Hall–Kier alpha value is -2.45. The Morgan fingerprint density at radius 2 is 1.81 bits per heavy atom. The molecule has 0 radical (unpaired) electrons. The Labute approximate surface area is 153 Å². The number of nitrogens with two attached hydrogens (primary N) is 1. The lowest BCUT2D eigenvalue weighted by molar-refractivity contribution is -0.135. The maximum Gasteiger partial charge on any atom is 0.250 e. The largest absolute Gasteiger partial charge is 0.382 e. The number of hydrogen-bond acceptors (Lipinski definition) is 5. The highest BCUT2D eigenvalue weighted by Crippen LogP contribution is 2.14. The lowest BCUT2D eigenvalue weighted by Gasteiger charge is -2.22. The molecule has 5 N–H and O–H groups in total. The number of likely N-dealkylation sites (N-methyl/N-ethyl adjacent to an activating group) is 1. The van der Waals surface area contributed by atoms with Crippen molar-refractivity contribution in [2.45, 2.75) is 38.0 Å². The Morgan fingerprint density at radius 1 is 1.19 bits per heavy atom. The predicted molar refractivity (Wildman–Crippen MR) is 97.9 cm³/mol. The summed E-state index contributed by atoms with van der Waals surface area (Å²) in [5, 5.41) is 14.8. The van der Waals surface area contributed by atoms with Gasteiger partial charge >= 0.3 is 0 Å². The van der Waals surface area contributed by atoms with Crippen molar-refractivity contribution in [1.29, 1.82) is 0 Å². The molecule has 8 nitrogen and oxygen atoms in total. The Balaban J connectivity index is 2.67. The minimum Gasteiger partial charge on any atom is -0.382 e. The van der Waals surface area contributed by atoms with Crippen LogP contribution in [0.25, 0.3) is 0 Å². The van der Waals surface area contributed by atoms with Gasteiger partial charge in [0.25, 0.3) is 5.91 Å². The standard InChI is InChI=1S/C18H28N4O4/c1-4-8-13(19)16(24)17(25)20-11-14(23)21-15(18(26)22(2)3)12-9-6-5-7-10-12/h5-7,9-10,13,15-16,24H,4,8,11,19H2,1-3H3,(H,20,25)(H,21,23)/t13-,15-,16?/m0/s1. The molecule has 0 spiro atoms. The molecule has 144 valence electrons. The number of carbonyl (C=O) groups excluding carboxylic acids is 3. The molecule has 0 bridgehead atoms. The molecule has 0 aliphatic carbocycles. The molecule has 3 atom stereocenters.